The number of unbranched alkanes of at least 4 members (excludes halogenated alkanes) is 23. The van der Waals surface area contributed by atoms with Crippen molar-refractivity contribution in [2.75, 3.05) is 47.5 Å². The highest BCUT2D eigenvalue weighted by molar-refractivity contribution is 7.47. The Kier molecular flexibility index (Phi) is 63.7. The van der Waals surface area contributed by atoms with Crippen molar-refractivity contribution >= 4 is 19.8 Å². The molecule has 1 N–H and O–H groups in total. The average molecular weight is 1240 g/mol. The van der Waals surface area contributed by atoms with E-state index in [0.29, 0.717) is 23.9 Å². The highest BCUT2D eigenvalue weighted by Gasteiger charge is 2.27. The van der Waals surface area contributed by atoms with Gasteiger partial charge in [0.1, 0.15) is 19.8 Å². The molecule has 88 heavy (non-hydrogen) atoms. The summed E-state index contributed by atoms with van der Waals surface area (Å²) in [6.45, 7) is 4.19. The maximum atomic E-state index is 12.9. The zero-order valence-corrected chi connectivity index (χ0v) is 57.8. The molecule has 0 aliphatic rings. The summed E-state index contributed by atoms with van der Waals surface area (Å²) in [6, 6.07) is 0. The second-order valence-corrected chi connectivity index (χ2v) is 25.6. The van der Waals surface area contributed by atoms with Crippen molar-refractivity contribution < 1.29 is 42.1 Å². The van der Waals surface area contributed by atoms with Gasteiger partial charge in [0.25, 0.3) is 0 Å². The summed E-state index contributed by atoms with van der Waals surface area (Å²) in [7, 11) is 1.46. The van der Waals surface area contributed by atoms with Gasteiger partial charge in [0.15, 0.2) is 6.10 Å². The quantitative estimate of drug-likeness (QED) is 0.0211. The summed E-state index contributed by atoms with van der Waals surface area (Å²) in [4.78, 5) is 35.9. The highest BCUT2D eigenvalue weighted by Crippen LogP contribution is 2.43. The van der Waals surface area contributed by atoms with Gasteiger partial charge in [0, 0.05) is 12.8 Å². The van der Waals surface area contributed by atoms with Crippen LogP contribution < -0.4 is 0 Å². The minimum Gasteiger partial charge on any atom is -0.462 e. The third kappa shape index (κ3) is 70.7. The molecule has 2 unspecified atom stereocenters. The Morgan fingerprint density at radius 2 is 0.614 bits per heavy atom. The number of likely N-dealkylation sites (N-methyl/N-ethyl adjacent to an activating group) is 1. The Hall–Kier alpha value is -4.37. The molecule has 0 aliphatic carbocycles. The van der Waals surface area contributed by atoms with Gasteiger partial charge < -0.3 is 18.9 Å². The van der Waals surface area contributed by atoms with Crippen LogP contribution in [0.5, 0.6) is 0 Å². The van der Waals surface area contributed by atoms with Crippen molar-refractivity contribution in [3.63, 3.8) is 0 Å². The maximum Gasteiger partial charge on any atom is 0.472 e. The molecule has 0 saturated heterocycles. The first-order chi connectivity index (χ1) is 43.0. The van der Waals surface area contributed by atoms with Crippen molar-refractivity contribution in [2.24, 2.45) is 0 Å². The number of hydrogen-bond donors (Lipinski definition) is 1. The Bertz CT molecular complexity index is 2040. The van der Waals surface area contributed by atoms with E-state index < -0.39 is 26.5 Å². The second-order valence-electron chi connectivity index (χ2n) is 24.2. The van der Waals surface area contributed by atoms with Crippen LogP contribution in [0.15, 0.2) is 158 Å². The van der Waals surface area contributed by atoms with Gasteiger partial charge in [-0.15, -0.1) is 0 Å². The third-order valence-electron chi connectivity index (χ3n) is 14.6. The van der Waals surface area contributed by atoms with Crippen LogP contribution in [0.2, 0.25) is 0 Å². The lowest BCUT2D eigenvalue weighted by atomic mass is 10.0. The number of carbonyl (C=O) groups is 2. The molecule has 2 atom stereocenters. The Morgan fingerprint density at radius 3 is 0.909 bits per heavy atom. The summed E-state index contributed by atoms with van der Waals surface area (Å²) in [5, 5.41) is 0. The Morgan fingerprint density at radius 1 is 0.352 bits per heavy atom. The van der Waals surface area contributed by atoms with Gasteiger partial charge in [-0.1, -0.05) is 294 Å². The maximum absolute atomic E-state index is 12.9. The van der Waals surface area contributed by atoms with Crippen LogP contribution in [0.4, 0.5) is 0 Å². The van der Waals surface area contributed by atoms with Crippen LogP contribution in [0.1, 0.15) is 271 Å². The topological polar surface area (TPSA) is 108 Å². The first-order valence-electron chi connectivity index (χ1n) is 35.2. The summed E-state index contributed by atoms with van der Waals surface area (Å²) in [5.41, 5.74) is 0. The van der Waals surface area contributed by atoms with Gasteiger partial charge >= 0.3 is 19.8 Å². The van der Waals surface area contributed by atoms with Crippen molar-refractivity contribution in [3.8, 4) is 0 Å². The van der Waals surface area contributed by atoms with E-state index in [1.165, 1.54) is 89.9 Å². The lowest BCUT2D eigenvalue weighted by Crippen LogP contribution is -2.37. The summed E-state index contributed by atoms with van der Waals surface area (Å²) < 4.78 is 34.7. The van der Waals surface area contributed by atoms with Crippen molar-refractivity contribution in [1.29, 1.82) is 0 Å². The lowest BCUT2D eigenvalue weighted by Gasteiger charge is -2.24. The number of hydrogen-bond acceptors (Lipinski definition) is 7. The lowest BCUT2D eigenvalue weighted by molar-refractivity contribution is -0.870. The highest BCUT2D eigenvalue weighted by atomic mass is 31.2. The molecule has 0 aromatic carbocycles. The molecule has 0 rings (SSSR count). The van der Waals surface area contributed by atoms with Crippen LogP contribution in [0, 0.1) is 0 Å². The van der Waals surface area contributed by atoms with E-state index in [-0.39, 0.29) is 32.0 Å². The summed E-state index contributed by atoms with van der Waals surface area (Å²) in [6.07, 6.45) is 101. The number of esters is 2. The molecule has 0 radical (unpaired) electrons. The van der Waals surface area contributed by atoms with Crippen molar-refractivity contribution in [1.82, 2.24) is 0 Å². The fourth-order valence-corrected chi connectivity index (χ4v) is 9.98. The molecule has 10 heteroatoms. The summed E-state index contributed by atoms with van der Waals surface area (Å²) in [5.74, 6) is -0.818. The van der Waals surface area contributed by atoms with E-state index in [1.807, 2.05) is 21.1 Å². The van der Waals surface area contributed by atoms with Crippen LogP contribution in [0.25, 0.3) is 0 Å². The molecule has 9 nitrogen and oxygen atoms in total. The van der Waals surface area contributed by atoms with Crippen LogP contribution in [-0.4, -0.2) is 74.9 Å². The molecule has 0 bridgehead atoms. The van der Waals surface area contributed by atoms with E-state index in [2.05, 4.69) is 172 Å². The largest absolute Gasteiger partial charge is 0.472 e. The Labute approximate surface area is 541 Å². The first-order valence-corrected chi connectivity index (χ1v) is 36.7. The van der Waals surface area contributed by atoms with E-state index in [1.54, 1.807) is 0 Å². The van der Waals surface area contributed by atoms with E-state index in [4.69, 9.17) is 18.5 Å². The van der Waals surface area contributed by atoms with Gasteiger partial charge in [-0.3, -0.25) is 18.6 Å². The molecule has 0 fully saturated rings. The number of nitrogens with zero attached hydrogens (tertiary/aromatic N) is 1. The summed E-state index contributed by atoms with van der Waals surface area (Å²) >= 11 is 0. The minimum atomic E-state index is -4.41. The number of carbonyl (C=O) groups excluding carboxylic acids is 2. The van der Waals surface area contributed by atoms with E-state index in [0.717, 1.165) is 141 Å². The molecule has 0 aromatic rings. The normalized spacial score (nSPS) is 14.1. The molecular formula is C78H131NO8P+. The smallest absolute Gasteiger partial charge is 0.462 e. The van der Waals surface area contributed by atoms with Crippen LogP contribution in [0.3, 0.4) is 0 Å². The number of phosphoric ester groups is 1. The fourth-order valence-electron chi connectivity index (χ4n) is 9.24. The van der Waals surface area contributed by atoms with Crippen molar-refractivity contribution in [3.05, 3.63) is 158 Å². The van der Waals surface area contributed by atoms with Gasteiger partial charge in [-0.05, 0) is 122 Å². The standard InChI is InChI=1S/C78H130NO8P/c1-6-8-10-12-14-16-18-20-22-24-26-28-30-32-33-34-35-36-37-38-39-40-41-42-43-44-45-47-49-51-53-55-57-59-61-63-65-67-69-71-78(81)87-76(75-86-88(82,83)85-73-72-79(3,4)5)74-84-77(80)70-68-66-64-62-60-58-56-54-52-50-48-46-31-29-27-25-23-21-19-17-15-13-11-9-7-2/h8-11,14-17,20-23,26-29,32-33,35-36,38-39,46,48,52,54,76H,6-7,12-13,18-19,24-25,30-31,34,37,40-45,47,49-51,53,55-75H2,1-5H3/p+1/b10-8-,11-9-,16-14-,17-15-,22-20-,23-21-,28-26-,29-27-,33-32-,36-35-,39-38-,48-46-,54-52-. The Balaban J connectivity index is 4.07. The number of ether oxygens (including phenoxy) is 2. The van der Waals surface area contributed by atoms with Gasteiger partial charge in [-0.25, -0.2) is 4.57 Å². The molecule has 0 aliphatic heterocycles. The molecule has 0 amide bonds. The van der Waals surface area contributed by atoms with Crippen molar-refractivity contribution in [2.45, 2.75) is 277 Å². The van der Waals surface area contributed by atoms with Gasteiger partial charge in [-0.2, -0.15) is 0 Å². The molecule has 0 saturated carbocycles. The predicted octanol–water partition coefficient (Wildman–Crippen LogP) is 23.2. The van der Waals surface area contributed by atoms with E-state index >= 15 is 0 Å². The number of phosphoric acid groups is 1. The predicted molar refractivity (Wildman–Crippen MR) is 380 cm³/mol. The van der Waals surface area contributed by atoms with Crippen LogP contribution >= 0.6 is 7.82 Å². The molecule has 0 heterocycles. The van der Waals surface area contributed by atoms with Gasteiger partial charge in [0.05, 0.1) is 27.7 Å². The average Bonchev–Trinajstić information content (AvgIpc) is 3.68. The number of quaternary nitrogens is 1. The molecule has 500 valence electrons. The van der Waals surface area contributed by atoms with Gasteiger partial charge in [0.2, 0.25) is 0 Å². The monoisotopic (exact) mass is 1240 g/mol. The molecule has 0 spiro atoms. The number of allylic oxidation sites excluding steroid dienone is 26. The van der Waals surface area contributed by atoms with E-state index in [9.17, 15) is 19.0 Å². The zero-order valence-electron chi connectivity index (χ0n) is 56.9. The first kappa shape index (κ1) is 83.6. The minimum absolute atomic E-state index is 0.0224. The SMILES string of the molecule is CC/C=C\C/C=C\C/C=C\C/C=C\C/C=C\C/C=C\C/C=C\CCCCCCCCCCCCCCCCCCCC(=O)OC(COC(=O)CCCCCCCC/C=C\C/C=C\C/C=C\C/C=C\C/C=C\C/C=C\CC)COP(=O)(O)OCC[N+](C)(C)C. The molecule has 0 aromatic heterocycles. The molecular weight excluding hydrogens is 1110 g/mol. The second kappa shape index (κ2) is 67.0. The fraction of sp³-hybridized carbons (Fsp3) is 0.641. The number of rotatable bonds is 63. The zero-order chi connectivity index (χ0) is 64.1. The third-order valence-corrected chi connectivity index (χ3v) is 15.5. The van der Waals surface area contributed by atoms with Crippen LogP contribution in [-0.2, 0) is 32.7 Å².